The fourth-order valence-electron chi connectivity index (χ4n) is 2.55. The molecular formula is C19H25N3O6S2. The van der Waals surface area contributed by atoms with E-state index in [2.05, 4.69) is 14.8 Å². The molecule has 0 saturated carbocycles. The van der Waals surface area contributed by atoms with Gasteiger partial charge in [0.1, 0.15) is 0 Å². The first-order valence-corrected chi connectivity index (χ1v) is 12.4. The molecule has 2 aromatic rings. The average Bonchev–Trinajstić information content (AvgIpc) is 2.65. The molecule has 30 heavy (non-hydrogen) atoms. The van der Waals surface area contributed by atoms with Gasteiger partial charge in [-0.2, -0.15) is 0 Å². The van der Waals surface area contributed by atoms with Crippen LogP contribution >= 0.6 is 0 Å². The number of carbonyl (C=O) groups is 1. The largest absolute Gasteiger partial charge is 0.392 e. The van der Waals surface area contributed by atoms with Crippen LogP contribution in [0.4, 0.5) is 5.69 Å². The number of benzene rings is 2. The zero-order valence-corrected chi connectivity index (χ0v) is 18.4. The number of carbonyl (C=O) groups excluding carboxylic acids is 1. The normalized spacial score (nSPS) is 14.0. The minimum Gasteiger partial charge on any atom is -0.392 e. The summed E-state index contributed by atoms with van der Waals surface area (Å²) < 4.78 is 51.7. The van der Waals surface area contributed by atoms with E-state index in [1.165, 1.54) is 31.2 Å². The molecule has 0 bridgehead atoms. The van der Waals surface area contributed by atoms with Gasteiger partial charge in [-0.1, -0.05) is 12.1 Å². The summed E-state index contributed by atoms with van der Waals surface area (Å²) in [6.07, 6.45) is 0.228. The first-order chi connectivity index (χ1) is 13.9. The van der Waals surface area contributed by atoms with E-state index in [1.807, 2.05) is 0 Å². The first-order valence-electron chi connectivity index (χ1n) is 9.04. The number of aliphatic hydroxyl groups excluding tert-OH is 1. The van der Waals surface area contributed by atoms with Crippen LogP contribution < -0.4 is 14.8 Å². The third-order valence-corrected chi connectivity index (χ3v) is 6.08. The highest BCUT2D eigenvalue weighted by atomic mass is 32.2. The summed E-state index contributed by atoms with van der Waals surface area (Å²) in [6, 6.07) is 11.6. The number of aliphatic hydroxyl groups is 1. The Kier molecular flexibility index (Phi) is 7.59. The molecule has 164 valence electrons. The van der Waals surface area contributed by atoms with Gasteiger partial charge in [0.2, 0.25) is 20.0 Å². The molecule has 0 aromatic heterocycles. The molecule has 0 aliphatic rings. The van der Waals surface area contributed by atoms with Gasteiger partial charge in [-0.3, -0.25) is 9.52 Å². The van der Waals surface area contributed by atoms with Gasteiger partial charge in [0.15, 0.2) is 0 Å². The smallest absolute Gasteiger partial charge is 0.251 e. The molecule has 4 N–H and O–H groups in total. The third-order valence-electron chi connectivity index (χ3n) is 4.03. The second kappa shape index (κ2) is 9.56. The zero-order valence-electron chi connectivity index (χ0n) is 16.8. The minimum absolute atomic E-state index is 0.0210. The molecular weight excluding hydrogens is 430 g/mol. The topological polar surface area (TPSA) is 142 Å². The summed E-state index contributed by atoms with van der Waals surface area (Å²) >= 11 is 0. The van der Waals surface area contributed by atoms with Crippen LogP contribution in [0.1, 0.15) is 35.8 Å². The van der Waals surface area contributed by atoms with Crippen molar-refractivity contribution in [3.8, 4) is 0 Å². The number of hydrogen-bond donors (Lipinski definition) is 4. The molecule has 0 aliphatic heterocycles. The Morgan fingerprint density at radius 1 is 1.03 bits per heavy atom. The van der Waals surface area contributed by atoms with E-state index < -0.39 is 38.1 Å². The van der Waals surface area contributed by atoms with Gasteiger partial charge in [0, 0.05) is 17.8 Å². The lowest BCUT2D eigenvalue weighted by molar-refractivity contribution is 0.0939. The number of sulfonamides is 2. The monoisotopic (exact) mass is 455 g/mol. The fourth-order valence-corrected chi connectivity index (χ4v) is 4.22. The van der Waals surface area contributed by atoms with Crippen molar-refractivity contribution in [2.75, 3.05) is 17.5 Å². The first kappa shape index (κ1) is 23.8. The van der Waals surface area contributed by atoms with E-state index in [-0.39, 0.29) is 17.0 Å². The Hall–Kier alpha value is -2.47. The molecule has 0 saturated heterocycles. The number of amides is 1. The number of hydrogen-bond acceptors (Lipinski definition) is 6. The Labute approximate surface area is 176 Å². The van der Waals surface area contributed by atoms with Crippen molar-refractivity contribution in [3.63, 3.8) is 0 Å². The molecule has 2 unspecified atom stereocenters. The molecule has 2 rings (SSSR count). The van der Waals surface area contributed by atoms with Crippen molar-refractivity contribution in [1.82, 2.24) is 10.0 Å². The van der Waals surface area contributed by atoms with E-state index in [1.54, 1.807) is 31.2 Å². The van der Waals surface area contributed by atoms with Crippen LogP contribution in [-0.4, -0.2) is 46.8 Å². The quantitative estimate of drug-likeness (QED) is 0.448. The van der Waals surface area contributed by atoms with Gasteiger partial charge >= 0.3 is 0 Å². The fraction of sp³-hybridized carbons (Fsp3) is 0.316. The molecule has 0 heterocycles. The maximum atomic E-state index is 12.5. The Balaban J connectivity index is 2.08. The van der Waals surface area contributed by atoms with E-state index in [0.29, 0.717) is 11.3 Å². The molecule has 2 aromatic carbocycles. The molecule has 0 spiro atoms. The highest BCUT2D eigenvalue weighted by Crippen LogP contribution is 2.19. The predicted molar refractivity (Wildman–Crippen MR) is 114 cm³/mol. The van der Waals surface area contributed by atoms with Gasteiger partial charge in [0.05, 0.1) is 23.3 Å². The van der Waals surface area contributed by atoms with Crippen LogP contribution in [0.2, 0.25) is 0 Å². The van der Waals surface area contributed by atoms with Crippen molar-refractivity contribution in [2.45, 2.75) is 30.9 Å². The van der Waals surface area contributed by atoms with E-state index >= 15 is 0 Å². The summed E-state index contributed by atoms with van der Waals surface area (Å²) in [6.45, 7) is 3.09. The molecule has 0 aliphatic carbocycles. The summed E-state index contributed by atoms with van der Waals surface area (Å²) in [5.41, 5.74) is 1.34. The number of nitrogens with one attached hydrogen (secondary N) is 3. The number of anilines is 1. The van der Waals surface area contributed by atoms with Crippen LogP contribution in [0, 0.1) is 0 Å². The highest BCUT2D eigenvalue weighted by Gasteiger charge is 2.17. The molecule has 9 nitrogen and oxygen atoms in total. The van der Waals surface area contributed by atoms with Gasteiger partial charge in [-0.15, -0.1) is 0 Å². The second-order valence-electron chi connectivity index (χ2n) is 6.92. The Morgan fingerprint density at radius 3 is 2.23 bits per heavy atom. The van der Waals surface area contributed by atoms with Crippen LogP contribution in [0.5, 0.6) is 0 Å². The standard InChI is InChI=1S/C19H25N3O6S2/c1-13(23)12-20-30(27,28)18-9-7-15(8-10-18)19(24)21-14(2)16-5-4-6-17(11-16)22-29(3,25)26/h4-11,13-14,20,22-23H,12H2,1-3H3,(H,21,24). The molecule has 11 heteroatoms. The highest BCUT2D eigenvalue weighted by molar-refractivity contribution is 7.92. The van der Waals surface area contributed by atoms with Crippen molar-refractivity contribution in [1.29, 1.82) is 0 Å². The minimum atomic E-state index is -3.78. The SMILES string of the molecule is CC(O)CNS(=O)(=O)c1ccc(C(=O)NC(C)c2cccc(NS(C)(=O)=O)c2)cc1. The van der Waals surface area contributed by atoms with Crippen LogP contribution in [0.15, 0.2) is 53.4 Å². The average molecular weight is 456 g/mol. The van der Waals surface area contributed by atoms with Crippen LogP contribution in [0.3, 0.4) is 0 Å². The second-order valence-corrected chi connectivity index (χ2v) is 10.4. The summed E-state index contributed by atoms with van der Waals surface area (Å²) in [4.78, 5) is 12.5. The predicted octanol–water partition coefficient (Wildman–Crippen LogP) is 1.21. The maximum absolute atomic E-state index is 12.5. The molecule has 0 radical (unpaired) electrons. The molecule has 2 atom stereocenters. The van der Waals surface area contributed by atoms with Crippen LogP contribution in [-0.2, 0) is 20.0 Å². The van der Waals surface area contributed by atoms with Crippen LogP contribution in [0.25, 0.3) is 0 Å². The van der Waals surface area contributed by atoms with Crippen molar-refractivity contribution in [2.24, 2.45) is 0 Å². The summed E-state index contributed by atoms with van der Waals surface area (Å²) in [5, 5.41) is 12.0. The zero-order chi connectivity index (χ0) is 22.5. The van der Waals surface area contributed by atoms with E-state index in [0.717, 1.165) is 6.26 Å². The lowest BCUT2D eigenvalue weighted by atomic mass is 10.1. The van der Waals surface area contributed by atoms with Crippen molar-refractivity contribution < 1.29 is 26.7 Å². The summed E-state index contributed by atoms with van der Waals surface area (Å²) in [5.74, 6) is -0.412. The Morgan fingerprint density at radius 2 is 1.67 bits per heavy atom. The Bertz CT molecular complexity index is 1100. The maximum Gasteiger partial charge on any atom is 0.251 e. The van der Waals surface area contributed by atoms with E-state index in [4.69, 9.17) is 0 Å². The molecule has 0 fully saturated rings. The summed E-state index contributed by atoms with van der Waals surface area (Å²) in [7, 11) is -7.20. The van der Waals surface area contributed by atoms with E-state index in [9.17, 15) is 26.7 Å². The van der Waals surface area contributed by atoms with Crippen molar-refractivity contribution >= 4 is 31.6 Å². The molecule has 1 amide bonds. The lowest BCUT2D eigenvalue weighted by Crippen LogP contribution is -2.30. The van der Waals surface area contributed by atoms with Gasteiger partial charge in [0.25, 0.3) is 5.91 Å². The third kappa shape index (κ3) is 7.10. The van der Waals surface area contributed by atoms with Crippen molar-refractivity contribution in [3.05, 3.63) is 59.7 Å². The lowest BCUT2D eigenvalue weighted by Gasteiger charge is -2.16. The number of rotatable bonds is 9. The van der Waals surface area contributed by atoms with Gasteiger partial charge in [-0.25, -0.2) is 21.6 Å². The van der Waals surface area contributed by atoms with Gasteiger partial charge in [-0.05, 0) is 55.8 Å². The van der Waals surface area contributed by atoms with Gasteiger partial charge < -0.3 is 10.4 Å².